The minimum absolute atomic E-state index is 0.433. The molecule has 0 amide bonds. The van der Waals surface area contributed by atoms with Crippen LogP contribution in [0.1, 0.15) is 35.8 Å². The van der Waals surface area contributed by atoms with Crippen LogP contribution in [-0.4, -0.2) is 29.6 Å². The van der Waals surface area contributed by atoms with Crippen molar-refractivity contribution >= 4 is 10.4 Å². The molecule has 4 unspecified atom stereocenters. The fourth-order valence-electron chi connectivity index (χ4n) is 2.60. The summed E-state index contributed by atoms with van der Waals surface area (Å²) in [6.45, 7) is 0. The van der Waals surface area contributed by atoms with Gasteiger partial charge in [0.05, 0.1) is 0 Å². The zero-order valence-corrected chi connectivity index (χ0v) is 14.6. The maximum atomic E-state index is 8.74. The Morgan fingerprint density at radius 1 is 0.720 bits per heavy atom. The monoisotopic (exact) mass is 364 g/mol. The molecular formula is C18H24N2O4S. The zero-order valence-electron chi connectivity index (χ0n) is 13.8. The van der Waals surface area contributed by atoms with Crippen molar-refractivity contribution in [1.82, 2.24) is 0 Å². The topological polar surface area (TPSA) is 127 Å². The van der Waals surface area contributed by atoms with E-state index in [4.69, 9.17) is 29.0 Å². The Morgan fingerprint density at radius 2 is 0.960 bits per heavy atom. The lowest BCUT2D eigenvalue weighted by Gasteiger charge is -1.94. The highest BCUT2D eigenvalue weighted by Crippen LogP contribution is 2.39. The van der Waals surface area contributed by atoms with E-state index in [-0.39, 0.29) is 0 Å². The number of hydrogen-bond donors (Lipinski definition) is 4. The average molecular weight is 364 g/mol. The van der Waals surface area contributed by atoms with Gasteiger partial charge in [-0.3, -0.25) is 9.11 Å². The number of hydrogen-bond acceptors (Lipinski definition) is 4. The second kappa shape index (κ2) is 8.55. The van der Waals surface area contributed by atoms with Gasteiger partial charge in [-0.2, -0.15) is 8.42 Å². The highest BCUT2D eigenvalue weighted by atomic mass is 32.3. The molecule has 2 aromatic rings. The Labute approximate surface area is 148 Å². The molecule has 0 aliphatic heterocycles. The normalized spacial score (nSPS) is 26.4. The molecule has 25 heavy (non-hydrogen) atoms. The summed E-state index contributed by atoms with van der Waals surface area (Å²) in [5.74, 6) is 1.31. The molecule has 7 heteroatoms. The predicted molar refractivity (Wildman–Crippen MR) is 97.7 cm³/mol. The fraction of sp³-hybridized carbons (Fsp3) is 0.333. The van der Waals surface area contributed by atoms with Crippen molar-refractivity contribution in [2.75, 3.05) is 0 Å². The van der Waals surface area contributed by atoms with Gasteiger partial charge in [0, 0.05) is 23.9 Å². The Balaban J connectivity index is 0.000000144. The van der Waals surface area contributed by atoms with Crippen LogP contribution in [-0.2, 0) is 10.4 Å². The summed E-state index contributed by atoms with van der Waals surface area (Å²) in [6, 6.07) is 21.8. The molecule has 2 aromatic carbocycles. The number of nitrogens with two attached hydrogens (primary N) is 2. The van der Waals surface area contributed by atoms with Crippen LogP contribution in [0.2, 0.25) is 0 Å². The highest BCUT2D eigenvalue weighted by Gasteiger charge is 2.34. The summed E-state index contributed by atoms with van der Waals surface area (Å²) < 4.78 is 31.6. The van der Waals surface area contributed by atoms with Gasteiger partial charge in [0.25, 0.3) is 0 Å². The minimum Gasteiger partial charge on any atom is -0.327 e. The van der Waals surface area contributed by atoms with E-state index in [1.807, 2.05) is 12.1 Å². The Bertz CT molecular complexity index is 694. The summed E-state index contributed by atoms with van der Waals surface area (Å²) in [7, 11) is -4.67. The molecule has 2 saturated carbocycles. The molecule has 4 atom stereocenters. The van der Waals surface area contributed by atoms with Crippen LogP contribution in [0.15, 0.2) is 60.7 Å². The number of benzene rings is 2. The van der Waals surface area contributed by atoms with Crippen LogP contribution < -0.4 is 11.5 Å². The molecule has 6 N–H and O–H groups in total. The van der Waals surface area contributed by atoms with E-state index in [0.717, 1.165) is 0 Å². The summed E-state index contributed by atoms with van der Waals surface area (Å²) in [6.07, 6.45) is 2.34. The first kappa shape index (κ1) is 19.6. The molecule has 0 saturated heterocycles. The Hall–Kier alpha value is -1.77. The van der Waals surface area contributed by atoms with Crippen LogP contribution in [0.5, 0.6) is 0 Å². The lowest BCUT2D eigenvalue weighted by molar-refractivity contribution is 0.381. The van der Waals surface area contributed by atoms with Crippen LogP contribution >= 0.6 is 0 Å². The van der Waals surface area contributed by atoms with E-state index in [9.17, 15) is 0 Å². The summed E-state index contributed by atoms with van der Waals surface area (Å²) in [5, 5.41) is 0. The maximum absolute atomic E-state index is 8.74. The van der Waals surface area contributed by atoms with Crippen molar-refractivity contribution in [2.45, 2.75) is 36.8 Å². The average Bonchev–Trinajstić information content (AvgIpc) is 3.47. The first-order valence-corrected chi connectivity index (χ1v) is 9.46. The van der Waals surface area contributed by atoms with E-state index in [1.54, 1.807) is 0 Å². The van der Waals surface area contributed by atoms with Gasteiger partial charge >= 0.3 is 10.4 Å². The van der Waals surface area contributed by atoms with Crippen molar-refractivity contribution in [3.8, 4) is 0 Å². The van der Waals surface area contributed by atoms with Gasteiger partial charge in [-0.1, -0.05) is 60.7 Å². The molecule has 6 nitrogen and oxygen atoms in total. The summed E-state index contributed by atoms with van der Waals surface area (Å²) in [4.78, 5) is 0. The molecule has 0 aromatic heterocycles. The molecule has 4 rings (SSSR count). The SMILES string of the molecule is NC1CC1c1ccccc1.NC1CC1c1ccccc1.O=S(=O)(O)O. The molecule has 0 spiro atoms. The van der Waals surface area contributed by atoms with E-state index in [2.05, 4.69) is 48.5 Å². The van der Waals surface area contributed by atoms with Crippen molar-refractivity contribution in [3.63, 3.8) is 0 Å². The first-order chi connectivity index (χ1) is 11.8. The van der Waals surface area contributed by atoms with Crippen LogP contribution in [0.4, 0.5) is 0 Å². The number of rotatable bonds is 2. The molecule has 0 radical (unpaired) electrons. The van der Waals surface area contributed by atoms with Crippen LogP contribution in [0.3, 0.4) is 0 Å². The first-order valence-electron chi connectivity index (χ1n) is 8.06. The van der Waals surface area contributed by atoms with Gasteiger partial charge in [0.2, 0.25) is 0 Å². The molecule has 2 aliphatic rings. The largest absolute Gasteiger partial charge is 0.394 e. The van der Waals surface area contributed by atoms with E-state index in [0.29, 0.717) is 23.9 Å². The van der Waals surface area contributed by atoms with Crippen molar-refractivity contribution < 1.29 is 17.5 Å². The van der Waals surface area contributed by atoms with Gasteiger partial charge in [-0.15, -0.1) is 0 Å². The van der Waals surface area contributed by atoms with Gasteiger partial charge in [-0.25, -0.2) is 0 Å². The van der Waals surface area contributed by atoms with E-state index < -0.39 is 10.4 Å². The molecule has 136 valence electrons. The van der Waals surface area contributed by atoms with Gasteiger partial charge in [-0.05, 0) is 24.0 Å². The third kappa shape index (κ3) is 7.76. The molecule has 0 heterocycles. The van der Waals surface area contributed by atoms with Crippen LogP contribution in [0.25, 0.3) is 0 Å². The summed E-state index contributed by atoms with van der Waals surface area (Å²) >= 11 is 0. The third-order valence-corrected chi connectivity index (χ3v) is 4.14. The Morgan fingerprint density at radius 3 is 1.16 bits per heavy atom. The second-order valence-electron chi connectivity index (χ2n) is 6.28. The minimum atomic E-state index is -4.67. The predicted octanol–water partition coefficient (Wildman–Crippen LogP) is 2.35. The second-order valence-corrected chi connectivity index (χ2v) is 7.18. The van der Waals surface area contributed by atoms with Crippen molar-refractivity contribution in [3.05, 3.63) is 71.8 Å². The van der Waals surface area contributed by atoms with E-state index >= 15 is 0 Å². The maximum Gasteiger partial charge on any atom is 0.394 e. The lowest BCUT2D eigenvalue weighted by Crippen LogP contribution is -2.00. The molecular weight excluding hydrogens is 340 g/mol. The van der Waals surface area contributed by atoms with Crippen LogP contribution in [0, 0.1) is 0 Å². The van der Waals surface area contributed by atoms with Gasteiger partial charge < -0.3 is 11.5 Å². The fourth-order valence-corrected chi connectivity index (χ4v) is 2.60. The lowest BCUT2D eigenvalue weighted by atomic mass is 10.1. The highest BCUT2D eigenvalue weighted by molar-refractivity contribution is 7.79. The molecule has 2 fully saturated rings. The standard InChI is InChI=1S/2C9H11N.H2O4S/c2*10-9-6-8(9)7-4-2-1-3-5-7;1-5(2,3)4/h2*1-5,8-9H,6,10H2;(H2,1,2,3,4). The Kier molecular flexibility index (Phi) is 6.69. The quantitative estimate of drug-likeness (QED) is 0.606. The van der Waals surface area contributed by atoms with Crippen molar-refractivity contribution in [2.24, 2.45) is 11.5 Å². The van der Waals surface area contributed by atoms with Gasteiger partial charge in [0.15, 0.2) is 0 Å². The van der Waals surface area contributed by atoms with Gasteiger partial charge in [0.1, 0.15) is 0 Å². The zero-order chi connectivity index (χ0) is 18.4. The molecule has 0 bridgehead atoms. The molecule has 2 aliphatic carbocycles. The van der Waals surface area contributed by atoms with Crippen molar-refractivity contribution in [1.29, 1.82) is 0 Å². The summed E-state index contributed by atoms with van der Waals surface area (Å²) in [5.41, 5.74) is 14.2. The third-order valence-electron chi connectivity index (χ3n) is 4.14. The smallest absolute Gasteiger partial charge is 0.327 e. The van der Waals surface area contributed by atoms with E-state index in [1.165, 1.54) is 24.0 Å².